The number of rotatable bonds is 4. The Hall–Kier alpha value is -1.21. The number of halogens is 1. The van der Waals surface area contributed by atoms with E-state index in [1.54, 1.807) is 17.5 Å². The van der Waals surface area contributed by atoms with Crippen LogP contribution in [-0.4, -0.2) is 14.8 Å². The van der Waals surface area contributed by atoms with Crippen LogP contribution in [0.4, 0.5) is 5.69 Å². The zero-order valence-electron chi connectivity index (χ0n) is 11.9. The molecule has 0 saturated heterocycles. The molecule has 20 heavy (non-hydrogen) atoms. The maximum absolute atomic E-state index is 12.0. The molecule has 2 aromatic rings. The lowest BCUT2D eigenvalue weighted by Crippen LogP contribution is -2.24. The van der Waals surface area contributed by atoms with Crippen LogP contribution < -0.4 is 10.9 Å². The molecule has 0 radical (unpaired) electrons. The summed E-state index contributed by atoms with van der Waals surface area (Å²) in [5.74, 6) is 0. The molecule has 0 aliphatic rings. The van der Waals surface area contributed by atoms with E-state index in [0.29, 0.717) is 16.7 Å². The number of nitrogens with one attached hydrogen (secondary N) is 1. The molecule has 5 nitrogen and oxygen atoms in total. The topological polar surface area (TPSA) is 59.8 Å². The molecule has 1 atom stereocenters. The van der Waals surface area contributed by atoms with Crippen LogP contribution >= 0.6 is 27.3 Å². The third kappa shape index (κ3) is 2.93. The summed E-state index contributed by atoms with van der Waals surface area (Å²) in [6, 6.07) is 0.0798. The normalized spacial score (nSPS) is 12.4. The van der Waals surface area contributed by atoms with Gasteiger partial charge >= 0.3 is 0 Å². The molecule has 0 aliphatic heterocycles. The Morgan fingerprint density at radius 3 is 2.75 bits per heavy atom. The van der Waals surface area contributed by atoms with Gasteiger partial charge < -0.3 is 5.32 Å². The van der Waals surface area contributed by atoms with Crippen LogP contribution in [0.5, 0.6) is 0 Å². The lowest BCUT2D eigenvalue weighted by Gasteiger charge is -2.15. The lowest BCUT2D eigenvalue weighted by molar-refractivity contribution is 0.612. The first-order valence-electron chi connectivity index (χ1n) is 6.40. The number of aryl methyl sites for hydroxylation is 3. The summed E-state index contributed by atoms with van der Waals surface area (Å²) in [5.41, 5.74) is 1.61. The third-order valence-corrected chi connectivity index (χ3v) is 5.01. The molecule has 0 fully saturated rings. The Morgan fingerprint density at radius 2 is 2.20 bits per heavy atom. The van der Waals surface area contributed by atoms with Crippen LogP contribution in [0.25, 0.3) is 0 Å². The van der Waals surface area contributed by atoms with Crippen LogP contribution in [0, 0.1) is 13.8 Å². The highest BCUT2D eigenvalue weighted by molar-refractivity contribution is 9.10. The molecule has 1 unspecified atom stereocenters. The van der Waals surface area contributed by atoms with Gasteiger partial charge in [0.05, 0.1) is 28.6 Å². The summed E-state index contributed by atoms with van der Waals surface area (Å²) in [5, 5.41) is 8.50. The SMILES string of the molecule is CCn1ncc(NC(C)c2sc(C)nc2C)c(Br)c1=O. The molecule has 2 heterocycles. The van der Waals surface area contributed by atoms with E-state index in [4.69, 9.17) is 0 Å². The van der Waals surface area contributed by atoms with Crippen LogP contribution in [0.2, 0.25) is 0 Å². The first kappa shape index (κ1) is 15.2. The smallest absolute Gasteiger partial charge is 0.283 e. The molecule has 2 aromatic heterocycles. The number of hydrogen-bond donors (Lipinski definition) is 1. The quantitative estimate of drug-likeness (QED) is 0.912. The maximum Gasteiger partial charge on any atom is 0.283 e. The molecular formula is C13H17BrN4OS. The van der Waals surface area contributed by atoms with Gasteiger partial charge in [0.2, 0.25) is 0 Å². The largest absolute Gasteiger partial charge is 0.375 e. The van der Waals surface area contributed by atoms with Crippen LogP contribution in [0.15, 0.2) is 15.5 Å². The first-order valence-corrected chi connectivity index (χ1v) is 8.01. The summed E-state index contributed by atoms with van der Waals surface area (Å²) in [6.45, 7) is 8.49. The van der Waals surface area contributed by atoms with Crippen LogP contribution in [-0.2, 0) is 6.54 Å². The predicted molar refractivity (Wildman–Crippen MR) is 85.5 cm³/mol. The van der Waals surface area contributed by atoms with Crippen molar-refractivity contribution in [1.82, 2.24) is 14.8 Å². The summed E-state index contributed by atoms with van der Waals surface area (Å²) in [4.78, 5) is 17.6. The van der Waals surface area contributed by atoms with Crippen molar-refractivity contribution in [3.05, 3.63) is 36.6 Å². The van der Waals surface area contributed by atoms with Crippen molar-refractivity contribution in [1.29, 1.82) is 0 Å². The number of anilines is 1. The lowest BCUT2D eigenvalue weighted by atomic mass is 10.2. The Kier molecular flexibility index (Phi) is 4.59. The number of nitrogens with zero attached hydrogens (tertiary/aromatic N) is 3. The molecule has 0 aliphatic carbocycles. The van der Waals surface area contributed by atoms with E-state index in [-0.39, 0.29) is 11.6 Å². The van der Waals surface area contributed by atoms with E-state index in [9.17, 15) is 4.79 Å². The Balaban J connectivity index is 2.29. The predicted octanol–water partition coefficient (Wildman–Crippen LogP) is 3.27. The van der Waals surface area contributed by atoms with E-state index in [0.717, 1.165) is 10.7 Å². The van der Waals surface area contributed by atoms with Crippen molar-refractivity contribution >= 4 is 33.0 Å². The number of thiazole rings is 1. The highest BCUT2D eigenvalue weighted by Gasteiger charge is 2.15. The summed E-state index contributed by atoms with van der Waals surface area (Å²) in [6.07, 6.45) is 1.68. The van der Waals surface area contributed by atoms with Gasteiger partial charge in [0.1, 0.15) is 4.47 Å². The standard InChI is InChI=1S/C13H17BrN4OS/c1-5-18-13(19)11(14)10(6-15-18)17-8(3)12-7(2)16-9(4)20-12/h6,8,17H,5H2,1-4H3. The zero-order valence-corrected chi connectivity index (χ0v) is 14.3. The van der Waals surface area contributed by atoms with Crippen molar-refractivity contribution in [3.63, 3.8) is 0 Å². The molecule has 0 bridgehead atoms. The van der Waals surface area contributed by atoms with Crippen LogP contribution in [0.3, 0.4) is 0 Å². The van der Waals surface area contributed by atoms with Crippen molar-refractivity contribution in [2.45, 2.75) is 40.3 Å². The third-order valence-electron chi connectivity index (χ3n) is 2.99. The Morgan fingerprint density at radius 1 is 1.50 bits per heavy atom. The van der Waals surface area contributed by atoms with E-state index in [2.05, 4.69) is 38.3 Å². The molecular weight excluding hydrogens is 340 g/mol. The zero-order chi connectivity index (χ0) is 14.9. The van der Waals surface area contributed by atoms with Crippen LogP contribution in [0.1, 0.15) is 35.5 Å². The second-order valence-corrected chi connectivity index (χ2v) is 6.57. The van der Waals surface area contributed by atoms with Crippen molar-refractivity contribution in [2.75, 3.05) is 5.32 Å². The second-order valence-electron chi connectivity index (χ2n) is 4.54. The Labute approximate surface area is 130 Å². The van der Waals surface area contributed by atoms with Crippen molar-refractivity contribution < 1.29 is 0 Å². The van der Waals surface area contributed by atoms with Gasteiger partial charge in [0, 0.05) is 11.4 Å². The van der Waals surface area contributed by atoms with E-state index in [1.807, 2.05) is 20.8 Å². The summed E-state index contributed by atoms with van der Waals surface area (Å²) < 4.78 is 1.93. The fourth-order valence-electron chi connectivity index (χ4n) is 2.04. The van der Waals surface area contributed by atoms with Crippen molar-refractivity contribution in [2.24, 2.45) is 0 Å². The first-order chi connectivity index (χ1) is 9.43. The molecule has 2 rings (SSSR count). The average molecular weight is 357 g/mol. The minimum absolute atomic E-state index is 0.0798. The van der Waals surface area contributed by atoms with E-state index < -0.39 is 0 Å². The average Bonchev–Trinajstić information content (AvgIpc) is 2.74. The molecule has 0 aromatic carbocycles. The van der Waals surface area contributed by atoms with Gasteiger partial charge in [-0.3, -0.25) is 4.79 Å². The minimum atomic E-state index is -0.123. The van der Waals surface area contributed by atoms with Gasteiger partial charge in [-0.1, -0.05) is 0 Å². The number of hydrogen-bond acceptors (Lipinski definition) is 5. The molecule has 0 saturated carbocycles. The maximum atomic E-state index is 12.0. The van der Waals surface area contributed by atoms with Gasteiger partial charge in [-0.15, -0.1) is 11.3 Å². The fraction of sp³-hybridized carbons (Fsp3) is 0.462. The monoisotopic (exact) mass is 356 g/mol. The summed E-state index contributed by atoms with van der Waals surface area (Å²) in [7, 11) is 0. The Bertz CT molecular complexity index is 679. The van der Waals surface area contributed by atoms with Crippen molar-refractivity contribution in [3.8, 4) is 0 Å². The fourth-order valence-corrected chi connectivity index (χ4v) is 3.39. The molecule has 0 spiro atoms. The minimum Gasteiger partial charge on any atom is -0.375 e. The van der Waals surface area contributed by atoms with Gasteiger partial charge in [0.25, 0.3) is 5.56 Å². The highest BCUT2D eigenvalue weighted by atomic mass is 79.9. The second kappa shape index (κ2) is 6.05. The van der Waals surface area contributed by atoms with Gasteiger partial charge in [-0.05, 0) is 43.6 Å². The van der Waals surface area contributed by atoms with Gasteiger partial charge in [-0.25, -0.2) is 9.67 Å². The van der Waals surface area contributed by atoms with E-state index >= 15 is 0 Å². The van der Waals surface area contributed by atoms with Gasteiger partial charge in [0.15, 0.2) is 0 Å². The van der Waals surface area contributed by atoms with E-state index in [1.165, 1.54) is 9.56 Å². The number of aromatic nitrogens is 3. The highest BCUT2D eigenvalue weighted by Crippen LogP contribution is 2.28. The molecule has 0 amide bonds. The molecule has 7 heteroatoms. The van der Waals surface area contributed by atoms with Gasteiger partial charge in [-0.2, -0.15) is 5.10 Å². The molecule has 108 valence electrons. The molecule has 1 N–H and O–H groups in total. The summed E-state index contributed by atoms with van der Waals surface area (Å²) >= 11 is 5.02.